The van der Waals surface area contributed by atoms with Gasteiger partial charge in [0, 0.05) is 11.6 Å². The summed E-state index contributed by atoms with van der Waals surface area (Å²) in [5.41, 5.74) is 3.50. The quantitative estimate of drug-likeness (QED) is 0.761. The van der Waals surface area contributed by atoms with Gasteiger partial charge in [-0.15, -0.1) is 0 Å². The summed E-state index contributed by atoms with van der Waals surface area (Å²) in [5.74, 6) is 0.192. The number of anilines is 1. The van der Waals surface area contributed by atoms with Crippen LogP contribution in [0.1, 0.15) is 44.7 Å². The molecule has 2 rings (SSSR count). The highest BCUT2D eigenvalue weighted by atomic mass is 16.3. The van der Waals surface area contributed by atoms with Gasteiger partial charge in [0.15, 0.2) is 0 Å². The number of nitrogens with one attached hydrogen (secondary N) is 1. The molecular weight excluding hydrogens is 198 g/mol. The number of hydrogen-bond acceptors (Lipinski definition) is 2. The van der Waals surface area contributed by atoms with Crippen molar-refractivity contribution in [1.29, 1.82) is 0 Å². The molecule has 0 aliphatic carbocycles. The van der Waals surface area contributed by atoms with Crippen LogP contribution < -0.4 is 5.32 Å². The zero-order chi connectivity index (χ0) is 11.9. The highest BCUT2D eigenvalue weighted by Gasteiger charge is 2.38. The second kappa shape index (κ2) is 3.77. The lowest BCUT2D eigenvalue weighted by Crippen LogP contribution is -2.49. The Balaban J connectivity index is 2.46. The van der Waals surface area contributed by atoms with Crippen LogP contribution in [-0.2, 0) is 6.42 Å². The second-order valence-electron chi connectivity index (χ2n) is 5.36. The summed E-state index contributed by atoms with van der Waals surface area (Å²) in [6, 6.07) is 6.51. The first kappa shape index (κ1) is 11.5. The maximum Gasteiger partial charge on any atom is 0.0830 e. The topological polar surface area (TPSA) is 32.3 Å². The Labute approximate surface area is 97.7 Å². The molecule has 2 atom stereocenters. The summed E-state index contributed by atoms with van der Waals surface area (Å²) in [6.07, 6.45) is 0.708. The van der Waals surface area contributed by atoms with E-state index in [-0.39, 0.29) is 17.6 Å². The van der Waals surface area contributed by atoms with E-state index >= 15 is 0 Å². The van der Waals surface area contributed by atoms with Gasteiger partial charge in [-0.25, -0.2) is 0 Å². The van der Waals surface area contributed by atoms with Gasteiger partial charge in [-0.3, -0.25) is 0 Å². The molecular formula is C14H21NO. The molecule has 1 aliphatic rings. The van der Waals surface area contributed by atoms with Crippen LogP contribution in [0, 0.1) is 0 Å². The number of fused-ring (bicyclic) bond motifs is 1. The van der Waals surface area contributed by atoms with Crippen LogP contribution in [0.4, 0.5) is 5.69 Å². The van der Waals surface area contributed by atoms with E-state index in [1.54, 1.807) is 0 Å². The molecule has 0 fully saturated rings. The second-order valence-corrected chi connectivity index (χ2v) is 5.36. The zero-order valence-corrected chi connectivity index (χ0v) is 10.5. The molecule has 0 radical (unpaired) electrons. The summed E-state index contributed by atoms with van der Waals surface area (Å²) in [4.78, 5) is 0. The van der Waals surface area contributed by atoms with E-state index in [4.69, 9.17) is 0 Å². The molecule has 1 heterocycles. The smallest absolute Gasteiger partial charge is 0.0830 e. The molecule has 0 spiro atoms. The lowest BCUT2D eigenvalue weighted by molar-refractivity contribution is 0.0869. The average Bonchev–Trinajstić information content (AvgIpc) is 2.25. The summed E-state index contributed by atoms with van der Waals surface area (Å²) in [5, 5.41) is 13.7. The Bertz CT molecular complexity index is 398. The minimum atomic E-state index is -0.340. The lowest BCUT2D eigenvalue weighted by atomic mass is 9.79. The Morgan fingerprint density at radius 2 is 2.06 bits per heavy atom. The molecule has 1 aromatic carbocycles. The van der Waals surface area contributed by atoms with Crippen LogP contribution in [0.5, 0.6) is 0 Å². The molecule has 0 amide bonds. The number of hydrogen-bond donors (Lipinski definition) is 2. The third-order valence-corrected chi connectivity index (χ3v) is 3.69. The predicted octanol–water partition coefficient (Wildman–Crippen LogP) is 2.92. The number of rotatable bonds is 1. The summed E-state index contributed by atoms with van der Waals surface area (Å²) in [6.45, 7) is 8.36. The molecule has 88 valence electrons. The van der Waals surface area contributed by atoms with E-state index < -0.39 is 0 Å². The van der Waals surface area contributed by atoms with Gasteiger partial charge >= 0.3 is 0 Å². The molecule has 16 heavy (non-hydrogen) atoms. The van der Waals surface area contributed by atoms with Crippen molar-refractivity contribution in [3.63, 3.8) is 0 Å². The van der Waals surface area contributed by atoms with Gasteiger partial charge in [0.05, 0.1) is 11.6 Å². The van der Waals surface area contributed by atoms with Crippen molar-refractivity contribution in [2.75, 3.05) is 5.32 Å². The number of aryl methyl sites for hydroxylation is 1. The molecule has 0 aromatic heterocycles. The molecule has 2 N–H and O–H groups in total. The largest absolute Gasteiger partial charge is 0.390 e. The van der Waals surface area contributed by atoms with Crippen molar-refractivity contribution in [2.24, 2.45) is 0 Å². The van der Waals surface area contributed by atoms with Gasteiger partial charge in [0.2, 0.25) is 0 Å². The van der Waals surface area contributed by atoms with E-state index in [1.807, 2.05) is 0 Å². The molecule has 0 saturated carbocycles. The first-order chi connectivity index (χ1) is 7.45. The Morgan fingerprint density at radius 3 is 2.69 bits per heavy atom. The SMILES string of the molecule is CCc1ccc2c(c1)NC(C)(C)C(O)C2C. The van der Waals surface area contributed by atoms with E-state index in [0.717, 1.165) is 6.42 Å². The fraction of sp³-hybridized carbons (Fsp3) is 0.571. The van der Waals surface area contributed by atoms with Gasteiger partial charge in [-0.05, 0) is 37.5 Å². The monoisotopic (exact) mass is 219 g/mol. The van der Waals surface area contributed by atoms with Crippen LogP contribution in [0.15, 0.2) is 18.2 Å². The van der Waals surface area contributed by atoms with Crippen LogP contribution in [0.25, 0.3) is 0 Å². The van der Waals surface area contributed by atoms with Gasteiger partial charge < -0.3 is 10.4 Å². The van der Waals surface area contributed by atoms with Crippen LogP contribution in [-0.4, -0.2) is 16.7 Å². The van der Waals surface area contributed by atoms with Gasteiger partial charge in [-0.1, -0.05) is 26.0 Å². The maximum atomic E-state index is 10.2. The molecule has 2 nitrogen and oxygen atoms in total. The summed E-state index contributed by atoms with van der Waals surface area (Å²) in [7, 11) is 0. The van der Waals surface area contributed by atoms with Crippen LogP contribution in [0.3, 0.4) is 0 Å². The Hall–Kier alpha value is -1.02. The van der Waals surface area contributed by atoms with Crippen molar-refractivity contribution in [3.05, 3.63) is 29.3 Å². The van der Waals surface area contributed by atoms with Crippen molar-refractivity contribution in [1.82, 2.24) is 0 Å². The van der Waals surface area contributed by atoms with Crippen molar-refractivity contribution in [2.45, 2.75) is 51.7 Å². The van der Waals surface area contributed by atoms with Crippen LogP contribution in [0.2, 0.25) is 0 Å². The van der Waals surface area contributed by atoms with E-state index in [9.17, 15) is 5.11 Å². The Kier molecular flexibility index (Phi) is 2.70. The minimum Gasteiger partial charge on any atom is -0.390 e. The third kappa shape index (κ3) is 1.71. The molecule has 2 unspecified atom stereocenters. The number of benzene rings is 1. The minimum absolute atomic E-state index is 0.192. The normalized spacial score (nSPS) is 27.1. The first-order valence-electron chi connectivity index (χ1n) is 6.04. The highest BCUT2D eigenvalue weighted by molar-refractivity contribution is 5.59. The molecule has 2 heteroatoms. The fourth-order valence-electron chi connectivity index (χ4n) is 2.54. The molecule has 1 aliphatic heterocycles. The predicted molar refractivity (Wildman–Crippen MR) is 67.9 cm³/mol. The van der Waals surface area contributed by atoms with Crippen molar-refractivity contribution >= 4 is 5.69 Å². The lowest BCUT2D eigenvalue weighted by Gasteiger charge is -2.42. The first-order valence-corrected chi connectivity index (χ1v) is 6.04. The average molecular weight is 219 g/mol. The highest BCUT2D eigenvalue weighted by Crippen LogP contribution is 2.39. The van der Waals surface area contributed by atoms with Crippen molar-refractivity contribution < 1.29 is 5.11 Å². The standard InChI is InChI=1S/C14H21NO/c1-5-10-6-7-11-9(2)13(16)14(3,4)15-12(11)8-10/h6-9,13,15-16H,5H2,1-4H3. The summed E-state index contributed by atoms with van der Waals surface area (Å²) >= 11 is 0. The zero-order valence-electron chi connectivity index (χ0n) is 10.5. The summed E-state index contributed by atoms with van der Waals surface area (Å²) < 4.78 is 0. The van der Waals surface area contributed by atoms with E-state index in [2.05, 4.69) is 51.2 Å². The maximum absolute atomic E-state index is 10.2. The van der Waals surface area contributed by atoms with Gasteiger partial charge in [-0.2, -0.15) is 0 Å². The molecule has 0 saturated heterocycles. The molecule has 0 bridgehead atoms. The van der Waals surface area contributed by atoms with Gasteiger partial charge in [0.1, 0.15) is 0 Å². The Morgan fingerprint density at radius 1 is 1.38 bits per heavy atom. The van der Waals surface area contributed by atoms with Crippen LogP contribution >= 0.6 is 0 Å². The molecule has 1 aromatic rings. The number of aliphatic hydroxyl groups excluding tert-OH is 1. The van der Waals surface area contributed by atoms with Crippen molar-refractivity contribution in [3.8, 4) is 0 Å². The number of aliphatic hydroxyl groups is 1. The fourth-order valence-corrected chi connectivity index (χ4v) is 2.54. The van der Waals surface area contributed by atoms with E-state index in [0.29, 0.717) is 0 Å². The third-order valence-electron chi connectivity index (χ3n) is 3.69. The van der Waals surface area contributed by atoms with E-state index in [1.165, 1.54) is 16.8 Å². The van der Waals surface area contributed by atoms with Gasteiger partial charge in [0.25, 0.3) is 0 Å².